The first-order valence-electron chi connectivity index (χ1n) is 7.91. The molecule has 1 spiro atoms. The molecule has 1 N–H and O–H groups in total. The average Bonchev–Trinajstić information content (AvgIpc) is 3.11. The van der Waals surface area contributed by atoms with Gasteiger partial charge in [-0.15, -0.1) is 0 Å². The Hall–Kier alpha value is -1.02. The molecule has 3 aliphatic rings. The Balaban J connectivity index is 1.47. The zero-order valence-electron chi connectivity index (χ0n) is 11.7. The van der Waals surface area contributed by atoms with Crippen LogP contribution >= 0.6 is 0 Å². The van der Waals surface area contributed by atoms with Crippen LogP contribution in [-0.2, 0) is 6.42 Å². The Morgan fingerprint density at radius 1 is 1.21 bits per heavy atom. The van der Waals surface area contributed by atoms with Crippen molar-refractivity contribution in [3.63, 3.8) is 0 Å². The molecule has 102 valence electrons. The molecule has 1 aromatic rings. The first-order valence-corrected chi connectivity index (χ1v) is 7.91. The fraction of sp³-hybridized carbons (Fsp3) is 0.647. The molecular weight excluding hydrogens is 232 g/mol. The molecule has 2 nitrogen and oxygen atoms in total. The van der Waals surface area contributed by atoms with Crippen molar-refractivity contribution >= 4 is 5.69 Å². The van der Waals surface area contributed by atoms with E-state index in [2.05, 4.69) is 34.5 Å². The quantitative estimate of drug-likeness (QED) is 0.875. The number of piperidine rings is 1. The third-order valence-corrected chi connectivity index (χ3v) is 5.61. The minimum atomic E-state index is 0.720. The summed E-state index contributed by atoms with van der Waals surface area (Å²) in [4.78, 5) is 2.67. The molecule has 1 saturated carbocycles. The van der Waals surface area contributed by atoms with Gasteiger partial charge in [0.2, 0.25) is 0 Å². The van der Waals surface area contributed by atoms with Crippen molar-refractivity contribution in [3.8, 4) is 0 Å². The van der Waals surface area contributed by atoms with Gasteiger partial charge in [-0.2, -0.15) is 0 Å². The Kier molecular flexibility index (Phi) is 2.80. The largest absolute Gasteiger partial charge is 0.371 e. The highest BCUT2D eigenvalue weighted by Crippen LogP contribution is 2.59. The Morgan fingerprint density at radius 2 is 2.05 bits per heavy atom. The second-order valence-electron chi connectivity index (χ2n) is 6.69. The summed E-state index contributed by atoms with van der Waals surface area (Å²) in [6, 6.07) is 9.03. The number of anilines is 1. The topological polar surface area (TPSA) is 15.3 Å². The van der Waals surface area contributed by atoms with Gasteiger partial charge in [0.25, 0.3) is 0 Å². The lowest BCUT2D eigenvalue weighted by molar-refractivity contribution is 0.322. The van der Waals surface area contributed by atoms with Crippen LogP contribution < -0.4 is 10.2 Å². The lowest BCUT2D eigenvalue weighted by atomic mass is 9.91. The van der Waals surface area contributed by atoms with Crippen molar-refractivity contribution < 1.29 is 0 Å². The van der Waals surface area contributed by atoms with E-state index in [0.29, 0.717) is 0 Å². The first-order chi connectivity index (χ1) is 9.37. The summed E-state index contributed by atoms with van der Waals surface area (Å²) < 4.78 is 0. The number of benzene rings is 1. The third kappa shape index (κ3) is 2.06. The minimum Gasteiger partial charge on any atom is -0.371 e. The van der Waals surface area contributed by atoms with Gasteiger partial charge in [-0.25, -0.2) is 0 Å². The van der Waals surface area contributed by atoms with Crippen molar-refractivity contribution in [3.05, 3.63) is 29.8 Å². The molecule has 0 bridgehead atoms. The lowest BCUT2D eigenvalue weighted by Gasteiger charge is -2.33. The fourth-order valence-electron chi connectivity index (χ4n) is 4.29. The molecule has 2 heterocycles. The van der Waals surface area contributed by atoms with Crippen molar-refractivity contribution in [1.82, 2.24) is 5.32 Å². The van der Waals surface area contributed by atoms with E-state index in [1.54, 1.807) is 5.56 Å². The molecule has 1 aliphatic carbocycles. The van der Waals surface area contributed by atoms with E-state index >= 15 is 0 Å². The third-order valence-electron chi connectivity index (χ3n) is 5.61. The molecule has 1 unspecified atom stereocenters. The van der Waals surface area contributed by atoms with Crippen LogP contribution in [0.3, 0.4) is 0 Å². The van der Waals surface area contributed by atoms with Crippen LogP contribution in [0.25, 0.3) is 0 Å². The fourth-order valence-corrected chi connectivity index (χ4v) is 4.29. The number of hydrogen-bond acceptors (Lipinski definition) is 2. The van der Waals surface area contributed by atoms with E-state index in [0.717, 1.165) is 11.3 Å². The van der Waals surface area contributed by atoms with Crippen molar-refractivity contribution in [2.75, 3.05) is 31.1 Å². The average molecular weight is 256 g/mol. The second-order valence-corrected chi connectivity index (χ2v) is 6.69. The zero-order valence-corrected chi connectivity index (χ0v) is 11.7. The second kappa shape index (κ2) is 4.52. The number of rotatable bonds is 2. The van der Waals surface area contributed by atoms with Gasteiger partial charge in [0, 0.05) is 18.8 Å². The van der Waals surface area contributed by atoms with Gasteiger partial charge < -0.3 is 10.2 Å². The van der Waals surface area contributed by atoms with Gasteiger partial charge in [0.15, 0.2) is 0 Å². The number of para-hydroxylation sites is 1. The van der Waals surface area contributed by atoms with E-state index in [9.17, 15) is 0 Å². The summed E-state index contributed by atoms with van der Waals surface area (Å²) in [5.41, 5.74) is 3.80. The molecule has 2 aliphatic heterocycles. The molecule has 0 radical (unpaired) electrons. The normalized spacial score (nSPS) is 28.2. The smallest absolute Gasteiger partial charge is 0.0398 e. The molecule has 19 heavy (non-hydrogen) atoms. The Labute approximate surface area is 116 Å². The Bertz CT molecular complexity index is 462. The van der Waals surface area contributed by atoms with Crippen molar-refractivity contribution in [2.24, 2.45) is 11.3 Å². The number of nitrogens with zero attached hydrogens (tertiary/aromatic N) is 1. The van der Waals surface area contributed by atoms with Crippen LogP contribution in [0.5, 0.6) is 0 Å². The van der Waals surface area contributed by atoms with Crippen molar-refractivity contribution in [2.45, 2.75) is 32.1 Å². The molecule has 0 amide bonds. The van der Waals surface area contributed by atoms with Crippen molar-refractivity contribution in [1.29, 1.82) is 0 Å². The van der Waals surface area contributed by atoms with E-state index in [4.69, 9.17) is 0 Å². The minimum absolute atomic E-state index is 0.720. The summed E-state index contributed by atoms with van der Waals surface area (Å²) in [6.45, 7) is 5.05. The monoisotopic (exact) mass is 256 g/mol. The number of hydrogen-bond donors (Lipinski definition) is 1. The van der Waals surface area contributed by atoms with Gasteiger partial charge in [-0.3, -0.25) is 0 Å². The summed E-state index contributed by atoms with van der Waals surface area (Å²) in [6.07, 6.45) is 6.90. The van der Waals surface area contributed by atoms with Crippen LogP contribution in [0.15, 0.2) is 24.3 Å². The Morgan fingerprint density at radius 3 is 2.95 bits per heavy atom. The molecule has 4 rings (SSSR count). The van der Waals surface area contributed by atoms with Crippen LogP contribution in [-0.4, -0.2) is 26.2 Å². The van der Waals surface area contributed by atoms with Gasteiger partial charge in [-0.05, 0) is 68.2 Å². The van der Waals surface area contributed by atoms with Gasteiger partial charge in [0.05, 0.1) is 0 Å². The number of nitrogens with one attached hydrogen (secondary N) is 1. The summed E-state index contributed by atoms with van der Waals surface area (Å²) in [7, 11) is 0. The molecule has 0 aromatic heterocycles. The van der Waals surface area contributed by atoms with E-state index in [1.165, 1.54) is 64.0 Å². The summed E-state index contributed by atoms with van der Waals surface area (Å²) in [5.74, 6) is 0.959. The SMILES string of the molecule is c1ccc2c(c1)CCCN2CC1CC12CCNCC2. The van der Waals surface area contributed by atoms with E-state index < -0.39 is 0 Å². The number of fused-ring (bicyclic) bond motifs is 1. The molecular formula is C17H24N2. The van der Waals surface area contributed by atoms with Crippen LogP contribution in [0.2, 0.25) is 0 Å². The zero-order chi connectivity index (χ0) is 12.7. The highest BCUT2D eigenvalue weighted by molar-refractivity contribution is 5.55. The molecule has 1 atom stereocenters. The summed E-state index contributed by atoms with van der Waals surface area (Å²) in [5, 5.41) is 3.51. The maximum Gasteiger partial charge on any atom is 0.0398 e. The van der Waals surface area contributed by atoms with Crippen LogP contribution in [0.1, 0.15) is 31.2 Å². The maximum absolute atomic E-state index is 3.51. The molecule has 1 saturated heterocycles. The highest BCUT2D eigenvalue weighted by atomic mass is 15.1. The first kappa shape index (κ1) is 11.8. The predicted molar refractivity (Wildman–Crippen MR) is 79.6 cm³/mol. The van der Waals surface area contributed by atoms with Gasteiger partial charge in [0.1, 0.15) is 0 Å². The number of aryl methyl sites for hydroxylation is 1. The van der Waals surface area contributed by atoms with Gasteiger partial charge >= 0.3 is 0 Å². The van der Waals surface area contributed by atoms with Crippen LogP contribution in [0, 0.1) is 11.3 Å². The van der Waals surface area contributed by atoms with Crippen LogP contribution in [0.4, 0.5) is 5.69 Å². The molecule has 2 heteroatoms. The van der Waals surface area contributed by atoms with E-state index in [-0.39, 0.29) is 0 Å². The molecule has 2 fully saturated rings. The van der Waals surface area contributed by atoms with Gasteiger partial charge in [-0.1, -0.05) is 18.2 Å². The summed E-state index contributed by atoms with van der Waals surface area (Å²) >= 11 is 0. The maximum atomic E-state index is 3.51. The lowest BCUT2D eigenvalue weighted by Crippen LogP contribution is -2.35. The molecule has 1 aromatic carbocycles. The standard InChI is InChI=1S/C17H24N2/c1-2-6-16-14(4-1)5-3-11-19(16)13-15-12-17(15)7-9-18-10-8-17/h1-2,4,6,15,18H,3,5,7-13H2. The highest BCUT2D eigenvalue weighted by Gasteiger charge is 2.54. The van der Waals surface area contributed by atoms with E-state index in [1.807, 2.05) is 0 Å². The predicted octanol–water partition coefficient (Wildman–Crippen LogP) is 2.83.